The van der Waals surface area contributed by atoms with Crippen LogP contribution in [0.5, 0.6) is 11.5 Å². The molecule has 1 aromatic heterocycles. The Morgan fingerprint density at radius 2 is 2.10 bits per heavy atom. The van der Waals surface area contributed by atoms with Gasteiger partial charge in [-0.1, -0.05) is 0 Å². The molecule has 3 rings (SSSR count). The second-order valence-electron chi connectivity index (χ2n) is 4.24. The summed E-state index contributed by atoms with van der Waals surface area (Å²) in [5.41, 5.74) is 1.01. The number of aromatic nitrogens is 2. The minimum atomic E-state index is -0.448. The minimum Gasteiger partial charge on any atom is -0.454 e. The van der Waals surface area contributed by atoms with Crippen LogP contribution in [0.4, 0.5) is 10.2 Å². The van der Waals surface area contributed by atoms with E-state index < -0.39 is 5.82 Å². The Bertz CT molecular complexity index is 685. The van der Waals surface area contributed by atoms with E-state index in [0.29, 0.717) is 17.3 Å². The van der Waals surface area contributed by atoms with Crippen LogP contribution in [0, 0.1) is 12.7 Å². The lowest BCUT2D eigenvalue weighted by molar-refractivity contribution is 0.173. The highest BCUT2D eigenvalue weighted by molar-refractivity contribution is 9.10. The van der Waals surface area contributed by atoms with Crippen molar-refractivity contribution in [2.45, 2.75) is 6.92 Å². The number of hydrogen-bond donors (Lipinski definition) is 1. The van der Waals surface area contributed by atoms with Gasteiger partial charge in [0.15, 0.2) is 29.0 Å². The molecule has 0 radical (unpaired) electrons. The van der Waals surface area contributed by atoms with Gasteiger partial charge in [0.05, 0.1) is 10.2 Å². The molecule has 0 fully saturated rings. The molecule has 0 unspecified atom stereocenters. The highest BCUT2D eigenvalue weighted by Crippen LogP contribution is 2.42. The van der Waals surface area contributed by atoms with Gasteiger partial charge in [-0.05, 0) is 35.0 Å². The van der Waals surface area contributed by atoms with Crippen LogP contribution in [-0.4, -0.2) is 23.8 Å². The van der Waals surface area contributed by atoms with Crippen molar-refractivity contribution >= 4 is 21.7 Å². The summed E-state index contributed by atoms with van der Waals surface area (Å²) in [4.78, 5) is 8.35. The van der Waals surface area contributed by atoms with Crippen molar-refractivity contribution in [3.63, 3.8) is 0 Å². The van der Waals surface area contributed by atoms with Gasteiger partial charge in [-0.3, -0.25) is 0 Å². The number of rotatable bonds is 2. The Morgan fingerprint density at radius 3 is 2.85 bits per heavy atom. The number of hydrogen-bond acceptors (Lipinski definition) is 5. The summed E-state index contributed by atoms with van der Waals surface area (Å²) in [6.45, 7) is 1.78. The van der Waals surface area contributed by atoms with Gasteiger partial charge in [0.25, 0.3) is 0 Å². The Kier molecular flexibility index (Phi) is 3.21. The molecule has 5 nitrogen and oxygen atoms in total. The molecule has 0 bridgehead atoms. The van der Waals surface area contributed by atoms with Gasteiger partial charge in [0, 0.05) is 12.6 Å². The molecule has 7 heteroatoms. The van der Waals surface area contributed by atoms with Crippen LogP contribution < -0.4 is 14.8 Å². The van der Waals surface area contributed by atoms with Crippen LogP contribution in [0.3, 0.4) is 0 Å². The fourth-order valence-corrected chi connectivity index (χ4v) is 2.51. The van der Waals surface area contributed by atoms with Crippen molar-refractivity contribution in [1.82, 2.24) is 9.97 Å². The molecule has 20 heavy (non-hydrogen) atoms. The SMILES string of the molecule is CNc1nc(-c2cc(Br)c3c(c2)OCO3)nc(C)c1F. The molecule has 104 valence electrons. The number of nitrogens with zero attached hydrogens (tertiary/aromatic N) is 2. The van der Waals surface area contributed by atoms with Gasteiger partial charge in [0.2, 0.25) is 6.79 Å². The molecule has 0 saturated heterocycles. The summed E-state index contributed by atoms with van der Waals surface area (Å²) < 4.78 is 25.2. The van der Waals surface area contributed by atoms with E-state index >= 15 is 0 Å². The van der Waals surface area contributed by atoms with Crippen molar-refractivity contribution < 1.29 is 13.9 Å². The molecule has 1 aliphatic heterocycles. The van der Waals surface area contributed by atoms with Crippen molar-refractivity contribution in [3.8, 4) is 22.9 Å². The monoisotopic (exact) mass is 339 g/mol. The number of nitrogens with one attached hydrogen (secondary N) is 1. The Balaban J connectivity index is 2.14. The second kappa shape index (κ2) is 4.90. The molecule has 1 N–H and O–H groups in total. The molecule has 2 heterocycles. The van der Waals surface area contributed by atoms with E-state index in [4.69, 9.17) is 9.47 Å². The van der Waals surface area contributed by atoms with E-state index in [9.17, 15) is 4.39 Å². The minimum absolute atomic E-state index is 0.168. The highest BCUT2D eigenvalue weighted by Gasteiger charge is 2.20. The lowest BCUT2D eigenvalue weighted by Crippen LogP contribution is -2.03. The van der Waals surface area contributed by atoms with Crippen LogP contribution in [0.25, 0.3) is 11.4 Å². The molecule has 1 aromatic carbocycles. The first kappa shape index (κ1) is 13.1. The zero-order valence-corrected chi connectivity index (χ0v) is 12.4. The van der Waals surface area contributed by atoms with Crippen LogP contribution >= 0.6 is 15.9 Å². The van der Waals surface area contributed by atoms with Gasteiger partial charge in [-0.2, -0.15) is 0 Å². The van der Waals surface area contributed by atoms with Crippen LogP contribution in [-0.2, 0) is 0 Å². The number of aryl methyl sites for hydroxylation is 1. The standard InChI is InChI=1S/C13H11BrFN3O2/c1-6-10(15)13(16-2)18-12(17-6)7-3-8(14)11-9(4-7)19-5-20-11/h3-4H,5H2,1-2H3,(H,16,17,18). The average molecular weight is 340 g/mol. The first-order valence-electron chi connectivity index (χ1n) is 5.91. The second-order valence-corrected chi connectivity index (χ2v) is 5.09. The maximum Gasteiger partial charge on any atom is 0.231 e. The van der Waals surface area contributed by atoms with Crippen LogP contribution in [0.2, 0.25) is 0 Å². The van der Waals surface area contributed by atoms with Crippen molar-refractivity contribution in [2.24, 2.45) is 0 Å². The van der Waals surface area contributed by atoms with Gasteiger partial charge < -0.3 is 14.8 Å². The van der Waals surface area contributed by atoms with Gasteiger partial charge in [0.1, 0.15) is 0 Å². The quantitative estimate of drug-likeness (QED) is 0.910. The number of benzene rings is 1. The Hall–Kier alpha value is -1.89. The smallest absolute Gasteiger partial charge is 0.231 e. The van der Waals surface area contributed by atoms with E-state index in [-0.39, 0.29) is 18.3 Å². The van der Waals surface area contributed by atoms with Gasteiger partial charge in [-0.25, -0.2) is 14.4 Å². The van der Waals surface area contributed by atoms with E-state index in [2.05, 4.69) is 31.2 Å². The highest BCUT2D eigenvalue weighted by atomic mass is 79.9. The van der Waals surface area contributed by atoms with Crippen molar-refractivity contribution in [3.05, 3.63) is 28.1 Å². The largest absolute Gasteiger partial charge is 0.454 e. The number of ether oxygens (including phenoxy) is 2. The summed E-state index contributed by atoms with van der Waals surface area (Å²) in [5.74, 6) is 1.41. The first-order valence-corrected chi connectivity index (χ1v) is 6.71. The summed E-state index contributed by atoms with van der Waals surface area (Å²) >= 11 is 3.41. The first-order chi connectivity index (χ1) is 9.60. The zero-order chi connectivity index (χ0) is 14.3. The molecule has 0 aliphatic carbocycles. The van der Waals surface area contributed by atoms with Crippen molar-refractivity contribution in [1.29, 1.82) is 0 Å². The Labute approximate surface area is 123 Å². The lowest BCUT2D eigenvalue weighted by Gasteiger charge is -2.08. The predicted molar refractivity (Wildman–Crippen MR) is 75.5 cm³/mol. The number of anilines is 1. The zero-order valence-electron chi connectivity index (χ0n) is 10.8. The molecule has 0 spiro atoms. The average Bonchev–Trinajstić information content (AvgIpc) is 2.90. The fourth-order valence-electron chi connectivity index (χ4n) is 1.95. The third-order valence-corrected chi connectivity index (χ3v) is 3.53. The van der Waals surface area contributed by atoms with E-state index in [1.165, 1.54) is 0 Å². The number of halogens is 2. The molecule has 2 aromatic rings. The van der Waals surface area contributed by atoms with Crippen LogP contribution in [0.1, 0.15) is 5.69 Å². The van der Waals surface area contributed by atoms with E-state index in [1.807, 2.05) is 6.07 Å². The van der Waals surface area contributed by atoms with Gasteiger partial charge >= 0.3 is 0 Å². The number of fused-ring (bicyclic) bond motifs is 1. The fraction of sp³-hybridized carbons (Fsp3) is 0.231. The van der Waals surface area contributed by atoms with E-state index in [0.717, 1.165) is 10.0 Å². The van der Waals surface area contributed by atoms with E-state index in [1.54, 1.807) is 20.0 Å². The van der Waals surface area contributed by atoms with Crippen molar-refractivity contribution in [2.75, 3.05) is 19.2 Å². The predicted octanol–water partition coefficient (Wildman–Crippen LogP) is 3.12. The molecule has 0 amide bonds. The normalized spacial score (nSPS) is 12.6. The third-order valence-electron chi connectivity index (χ3n) is 2.94. The summed E-state index contributed by atoms with van der Waals surface area (Å²) in [7, 11) is 1.62. The molecule has 0 saturated carbocycles. The molecular formula is C13H11BrFN3O2. The van der Waals surface area contributed by atoms with Gasteiger partial charge in [-0.15, -0.1) is 0 Å². The molecule has 0 atom stereocenters. The lowest BCUT2D eigenvalue weighted by atomic mass is 10.2. The van der Waals surface area contributed by atoms with Crippen LogP contribution in [0.15, 0.2) is 16.6 Å². The maximum absolute atomic E-state index is 13.8. The molecule has 1 aliphatic rings. The summed E-state index contributed by atoms with van der Waals surface area (Å²) in [5, 5.41) is 2.72. The topological polar surface area (TPSA) is 56.3 Å². The Morgan fingerprint density at radius 1 is 1.30 bits per heavy atom. The summed E-state index contributed by atoms with van der Waals surface area (Å²) in [6, 6.07) is 3.60. The maximum atomic E-state index is 13.8. The third kappa shape index (κ3) is 2.07. The molecular weight excluding hydrogens is 329 g/mol. The summed E-state index contributed by atoms with van der Waals surface area (Å²) in [6.07, 6.45) is 0.